The average Bonchev–Trinajstić information content (AvgIpc) is 3.67. The molecule has 2 fully saturated rings. The van der Waals surface area contributed by atoms with Crippen LogP contribution in [0.1, 0.15) is 50.6 Å². The minimum Gasteiger partial charge on any atom is -0.446 e. The number of carbonyl (C=O) groups excluding carboxylic acids is 1. The number of nitrogens with one attached hydrogen (secondary N) is 1. The van der Waals surface area contributed by atoms with Gasteiger partial charge in [-0.25, -0.2) is 4.79 Å². The second-order valence-corrected chi connectivity index (χ2v) is 9.76. The standard InChI is InChI=1S/C29H27N5O2/c1-18(19-5-6-19)36-29(35)33-22-10-7-20(8-11-22)28-25(16-30)24-12-9-21(26-17-31-13-14-32-26)15-27(24)34(28)23-3-2-4-23/h7-15,17-19,23H,2-6H2,1H3,(H,33,35)/t18-/m1/s1. The second kappa shape index (κ2) is 9.12. The van der Waals surface area contributed by atoms with Crippen LogP contribution in [0.3, 0.4) is 0 Å². The van der Waals surface area contributed by atoms with Crippen LogP contribution < -0.4 is 5.32 Å². The fourth-order valence-corrected chi connectivity index (χ4v) is 5.03. The van der Waals surface area contributed by atoms with E-state index >= 15 is 0 Å². The van der Waals surface area contributed by atoms with Crippen molar-refractivity contribution in [2.45, 2.75) is 51.2 Å². The van der Waals surface area contributed by atoms with Gasteiger partial charge in [-0.2, -0.15) is 5.26 Å². The van der Waals surface area contributed by atoms with Crippen LogP contribution in [-0.4, -0.2) is 26.7 Å². The Morgan fingerprint density at radius 1 is 1.11 bits per heavy atom. The lowest BCUT2D eigenvalue weighted by molar-refractivity contribution is 0.108. The molecule has 0 bridgehead atoms. The van der Waals surface area contributed by atoms with Gasteiger partial charge in [0.25, 0.3) is 0 Å². The summed E-state index contributed by atoms with van der Waals surface area (Å²) >= 11 is 0. The number of aromatic nitrogens is 3. The van der Waals surface area contributed by atoms with E-state index in [1.165, 1.54) is 6.42 Å². The van der Waals surface area contributed by atoms with Gasteiger partial charge < -0.3 is 9.30 Å². The molecule has 36 heavy (non-hydrogen) atoms. The monoisotopic (exact) mass is 477 g/mol. The van der Waals surface area contributed by atoms with Gasteiger partial charge in [-0.05, 0) is 68.7 Å². The normalized spacial score (nSPS) is 16.2. The highest BCUT2D eigenvalue weighted by Crippen LogP contribution is 2.43. The van der Waals surface area contributed by atoms with Crippen molar-refractivity contribution in [3.63, 3.8) is 0 Å². The molecule has 2 aromatic heterocycles. The molecule has 0 unspecified atom stereocenters. The predicted octanol–water partition coefficient (Wildman–Crippen LogP) is 6.71. The van der Waals surface area contributed by atoms with E-state index in [0.717, 1.165) is 59.1 Å². The van der Waals surface area contributed by atoms with Crippen molar-refractivity contribution in [3.8, 4) is 28.6 Å². The maximum atomic E-state index is 12.3. The van der Waals surface area contributed by atoms with Gasteiger partial charge in [-0.3, -0.25) is 15.3 Å². The first kappa shape index (κ1) is 22.3. The van der Waals surface area contributed by atoms with Gasteiger partial charge in [0, 0.05) is 35.1 Å². The molecule has 2 heterocycles. The van der Waals surface area contributed by atoms with E-state index in [0.29, 0.717) is 23.2 Å². The summed E-state index contributed by atoms with van der Waals surface area (Å²) in [4.78, 5) is 20.9. The maximum absolute atomic E-state index is 12.3. The van der Waals surface area contributed by atoms with Crippen LogP contribution in [-0.2, 0) is 4.74 Å². The minimum atomic E-state index is -0.431. The van der Waals surface area contributed by atoms with Crippen molar-refractivity contribution < 1.29 is 9.53 Å². The molecule has 4 aromatic rings. The smallest absolute Gasteiger partial charge is 0.411 e. The first-order valence-electron chi connectivity index (χ1n) is 12.5. The summed E-state index contributed by atoms with van der Waals surface area (Å²) in [5, 5.41) is 14.0. The molecule has 7 nitrogen and oxygen atoms in total. The summed E-state index contributed by atoms with van der Waals surface area (Å²) in [6.45, 7) is 1.94. The summed E-state index contributed by atoms with van der Waals surface area (Å²) in [5.74, 6) is 0.491. The molecule has 6 rings (SSSR count). The van der Waals surface area contributed by atoms with Crippen molar-refractivity contribution >= 4 is 22.7 Å². The number of benzene rings is 2. The lowest BCUT2D eigenvalue weighted by Crippen LogP contribution is -2.21. The molecule has 2 aliphatic rings. The molecule has 2 aliphatic carbocycles. The average molecular weight is 478 g/mol. The minimum absolute atomic E-state index is 0.0626. The summed E-state index contributed by atoms with van der Waals surface area (Å²) in [5.41, 5.74) is 6.02. The van der Waals surface area contributed by atoms with Gasteiger partial charge in [-0.15, -0.1) is 0 Å². The van der Waals surface area contributed by atoms with Crippen LogP contribution >= 0.6 is 0 Å². The summed E-state index contributed by atoms with van der Waals surface area (Å²) in [6, 6.07) is 16.6. The number of hydrogen-bond donors (Lipinski definition) is 1. The molecular formula is C29H27N5O2. The van der Waals surface area contributed by atoms with Crippen molar-refractivity contribution in [1.29, 1.82) is 5.26 Å². The fourth-order valence-electron chi connectivity index (χ4n) is 5.03. The summed E-state index contributed by atoms with van der Waals surface area (Å²) in [6.07, 6.45) is 10.2. The Morgan fingerprint density at radius 2 is 1.89 bits per heavy atom. The quantitative estimate of drug-likeness (QED) is 0.333. The van der Waals surface area contributed by atoms with E-state index in [9.17, 15) is 10.1 Å². The van der Waals surface area contributed by atoms with Crippen LogP contribution in [0.4, 0.5) is 10.5 Å². The molecule has 0 saturated heterocycles. The van der Waals surface area contributed by atoms with Crippen molar-refractivity contribution in [2.24, 2.45) is 5.92 Å². The van der Waals surface area contributed by atoms with Gasteiger partial charge in [-0.1, -0.05) is 24.3 Å². The number of carbonyl (C=O) groups is 1. The molecular weight excluding hydrogens is 450 g/mol. The molecule has 2 saturated carbocycles. The number of nitrogens with zero attached hydrogens (tertiary/aromatic N) is 4. The Labute approximate surface area is 209 Å². The number of fused-ring (bicyclic) bond motifs is 1. The lowest BCUT2D eigenvalue weighted by atomic mass is 9.92. The van der Waals surface area contributed by atoms with E-state index in [1.54, 1.807) is 18.6 Å². The highest BCUT2D eigenvalue weighted by molar-refractivity contribution is 5.97. The first-order valence-corrected chi connectivity index (χ1v) is 12.5. The molecule has 1 amide bonds. The Balaban J connectivity index is 1.37. The number of nitriles is 1. The number of anilines is 1. The van der Waals surface area contributed by atoms with Crippen molar-refractivity contribution in [1.82, 2.24) is 14.5 Å². The number of hydrogen-bond acceptors (Lipinski definition) is 5. The Morgan fingerprint density at radius 3 is 2.53 bits per heavy atom. The lowest BCUT2D eigenvalue weighted by Gasteiger charge is -2.30. The molecule has 1 N–H and O–H groups in total. The Bertz CT molecular complexity index is 1460. The zero-order valence-corrected chi connectivity index (χ0v) is 20.1. The van der Waals surface area contributed by atoms with E-state index in [4.69, 9.17) is 4.74 Å². The number of amides is 1. The SMILES string of the molecule is C[C@@H](OC(=O)Nc1ccc(-c2c(C#N)c3ccc(-c4cnccn4)cc3n2C2CCC2)cc1)C1CC1. The third-order valence-electron chi connectivity index (χ3n) is 7.40. The molecule has 7 heteroatoms. The molecule has 2 aromatic carbocycles. The van der Waals surface area contributed by atoms with E-state index < -0.39 is 6.09 Å². The zero-order valence-electron chi connectivity index (χ0n) is 20.1. The van der Waals surface area contributed by atoms with E-state index in [-0.39, 0.29) is 6.10 Å². The fraction of sp³-hybridized carbons (Fsp3) is 0.310. The highest BCUT2D eigenvalue weighted by Gasteiger charge is 2.31. The molecule has 0 radical (unpaired) electrons. The number of ether oxygens (including phenoxy) is 1. The Hall–Kier alpha value is -4.18. The van der Waals surface area contributed by atoms with Gasteiger partial charge in [0.05, 0.1) is 28.7 Å². The topological polar surface area (TPSA) is 92.8 Å². The third-order valence-corrected chi connectivity index (χ3v) is 7.40. The van der Waals surface area contributed by atoms with E-state index in [2.05, 4.69) is 32.0 Å². The second-order valence-electron chi connectivity index (χ2n) is 9.76. The van der Waals surface area contributed by atoms with Crippen molar-refractivity contribution in [3.05, 3.63) is 66.6 Å². The van der Waals surface area contributed by atoms with Gasteiger partial charge in [0.2, 0.25) is 0 Å². The van der Waals surface area contributed by atoms with Crippen LogP contribution in [0.25, 0.3) is 33.4 Å². The molecule has 1 atom stereocenters. The van der Waals surface area contributed by atoms with Crippen LogP contribution in [0, 0.1) is 17.2 Å². The zero-order chi connectivity index (χ0) is 24.6. The van der Waals surface area contributed by atoms with Gasteiger partial charge in [0.1, 0.15) is 12.2 Å². The number of rotatable bonds is 6. The summed E-state index contributed by atoms with van der Waals surface area (Å²) in [7, 11) is 0. The molecule has 0 spiro atoms. The molecule has 180 valence electrons. The van der Waals surface area contributed by atoms with Gasteiger partial charge >= 0.3 is 6.09 Å². The third kappa shape index (κ3) is 4.09. The molecule has 0 aliphatic heterocycles. The first-order chi connectivity index (χ1) is 17.6. The van der Waals surface area contributed by atoms with Crippen LogP contribution in [0.15, 0.2) is 61.1 Å². The Kier molecular flexibility index (Phi) is 5.65. The van der Waals surface area contributed by atoms with Gasteiger partial charge in [0.15, 0.2) is 0 Å². The largest absolute Gasteiger partial charge is 0.446 e. The van der Waals surface area contributed by atoms with Crippen LogP contribution in [0.2, 0.25) is 0 Å². The van der Waals surface area contributed by atoms with E-state index in [1.807, 2.05) is 43.3 Å². The maximum Gasteiger partial charge on any atom is 0.411 e. The summed E-state index contributed by atoms with van der Waals surface area (Å²) < 4.78 is 7.81. The highest BCUT2D eigenvalue weighted by atomic mass is 16.6. The predicted molar refractivity (Wildman–Crippen MR) is 138 cm³/mol. The van der Waals surface area contributed by atoms with Crippen molar-refractivity contribution in [2.75, 3.05) is 5.32 Å². The van der Waals surface area contributed by atoms with Crippen LogP contribution in [0.5, 0.6) is 0 Å².